The minimum atomic E-state index is -4.36. The van der Waals surface area contributed by atoms with E-state index in [4.69, 9.17) is 5.73 Å². The summed E-state index contributed by atoms with van der Waals surface area (Å²) in [6, 6.07) is 8.79. The number of nitrogen functional groups attached to an aromatic ring is 1. The summed E-state index contributed by atoms with van der Waals surface area (Å²) in [5, 5.41) is 0. The Morgan fingerprint density at radius 1 is 1.10 bits per heavy atom. The molecule has 3 aromatic rings. The number of nitrogens with one attached hydrogen (secondary N) is 1. The molecule has 1 aromatic heterocycles. The number of hydrogen-bond donors (Lipinski definition) is 2. The van der Waals surface area contributed by atoms with Gasteiger partial charge in [0.15, 0.2) is 0 Å². The minimum Gasteiger partial charge on any atom is -0.399 e. The molecule has 0 unspecified atom stereocenters. The van der Waals surface area contributed by atoms with Crippen LogP contribution in [0.25, 0.3) is 22.4 Å². The number of halogens is 3. The van der Waals surface area contributed by atoms with Gasteiger partial charge in [0.05, 0.1) is 16.6 Å². The van der Waals surface area contributed by atoms with Gasteiger partial charge in [0.1, 0.15) is 5.82 Å². The van der Waals surface area contributed by atoms with Crippen molar-refractivity contribution in [3.63, 3.8) is 0 Å². The Morgan fingerprint density at radius 2 is 1.86 bits per heavy atom. The number of alkyl halides is 3. The standard InChI is InChI=1S/C15H12F3N3/c1-8-6-10(19)3-4-11(8)14-20-12-5-2-9(15(16,17)18)7-13(12)21-14/h2-7H,19H2,1H3,(H,20,21). The van der Waals surface area contributed by atoms with Crippen LogP contribution in [-0.4, -0.2) is 9.97 Å². The van der Waals surface area contributed by atoms with Crippen LogP contribution in [0, 0.1) is 6.92 Å². The van der Waals surface area contributed by atoms with Gasteiger partial charge < -0.3 is 10.7 Å². The Labute approximate surface area is 118 Å². The van der Waals surface area contributed by atoms with Crippen molar-refractivity contribution in [1.82, 2.24) is 9.97 Å². The molecule has 6 heteroatoms. The molecule has 2 aromatic carbocycles. The maximum absolute atomic E-state index is 12.7. The second kappa shape index (κ2) is 4.51. The molecule has 3 N–H and O–H groups in total. The average molecular weight is 291 g/mol. The van der Waals surface area contributed by atoms with Gasteiger partial charge in [-0.25, -0.2) is 4.98 Å². The summed E-state index contributed by atoms with van der Waals surface area (Å²) in [5.41, 5.74) is 8.20. The van der Waals surface area contributed by atoms with E-state index in [0.29, 0.717) is 22.5 Å². The SMILES string of the molecule is Cc1cc(N)ccc1-c1nc2ccc(C(F)(F)F)cc2[nH]1. The van der Waals surface area contributed by atoms with Gasteiger partial charge in [-0.1, -0.05) is 0 Å². The van der Waals surface area contributed by atoms with E-state index >= 15 is 0 Å². The molecule has 0 aliphatic heterocycles. The zero-order valence-corrected chi connectivity index (χ0v) is 11.1. The van der Waals surface area contributed by atoms with Crippen LogP contribution in [0.2, 0.25) is 0 Å². The number of hydrogen-bond acceptors (Lipinski definition) is 2. The fourth-order valence-corrected chi connectivity index (χ4v) is 2.27. The first-order chi connectivity index (χ1) is 9.84. The summed E-state index contributed by atoms with van der Waals surface area (Å²) in [4.78, 5) is 7.27. The van der Waals surface area contributed by atoms with Crippen LogP contribution >= 0.6 is 0 Å². The Kier molecular flexibility index (Phi) is 2.90. The molecule has 0 spiro atoms. The summed E-state index contributed by atoms with van der Waals surface area (Å²) < 4.78 is 38.1. The number of nitrogens with zero attached hydrogens (tertiary/aromatic N) is 1. The van der Waals surface area contributed by atoms with Gasteiger partial charge in [0.2, 0.25) is 0 Å². The number of aromatic amines is 1. The van der Waals surface area contributed by atoms with Crippen molar-refractivity contribution in [2.24, 2.45) is 0 Å². The maximum Gasteiger partial charge on any atom is 0.416 e. The molecule has 21 heavy (non-hydrogen) atoms. The molecule has 108 valence electrons. The summed E-state index contributed by atoms with van der Waals surface area (Å²) in [6.07, 6.45) is -4.36. The highest BCUT2D eigenvalue weighted by atomic mass is 19.4. The van der Waals surface area contributed by atoms with Crippen molar-refractivity contribution in [2.45, 2.75) is 13.1 Å². The number of benzene rings is 2. The number of aryl methyl sites for hydroxylation is 1. The highest BCUT2D eigenvalue weighted by molar-refractivity contribution is 5.81. The quantitative estimate of drug-likeness (QED) is 0.662. The molecule has 0 radical (unpaired) electrons. The molecule has 0 saturated carbocycles. The van der Waals surface area contributed by atoms with Gasteiger partial charge in [0.25, 0.3) is 0 Å². The lowest BCUT2D eigenvalue weighted by Gasteiger charge is -2.05. The first-order valence-electron chi connectivity index (χ1n) is 6.28. The zero-order valence-electron chi connectivity index (χ0n) is 11.1. The number of aromatic nitrogens is 2. The molecule has 0 amide bonds. The van der Waals surface area contributed by atoms with E-state index < -0.39 is 11.7 Å². The van der Waals surface area contributed by atoms with E-state index in [1.54, 1.807) is 18.2 Å². The zero-order chi connectivity index (χ0) is 15.2. The molecule has 0 aliphatic rings. The molecule has 3 nitrogen and oxygen atoms in total. The number of fused-ring (bicyclic) bond motifs is 1. The smallest absolute Gasteiger partial charge is 0.399 e. The Balaban J connectivity index is 2.13. The van der Waals surface area contributed by atoms with Gasteiger partial charge in [-0.05, 0) is 48.9 Å². The van der Waals surface area contributed by atoms with Gasteiger partial charge in [-0.2, -0.15) is 13.2 Å². The number of nitrogens with two attached hydrogens (primary N) is 1. The largest absolute Gasteiger partial charge is 0.416 e. The van der Waals surface area contributed by atoms with Crippen molar-refractivity contribution in [1.29, 1.82) is 0 Å². The second-order valence-corrected chi connectivity index (χ2v) is 4.89. The summed E-state index contributed by atoms with van der Waals surface area (Å²) in [5.74, 6) is 0.529. The van der Waals surface area contributed by atoms with Crippen molar-refractivity contribution in [3.8, 4) is 11.4 Å². The van der Waals surface area contributed by atoms with Crippen molar-refractivity contribution >= 4 is 16.7 Å². The van der Waals surface area contributed by atoms with E-state index in [0.717, 1.165) is 23.3 Å². The van der Waals surface area contributed by atoms with Crippen molar-refractivity contribution in [2.75, 3.05) is 5.73 Å². The summed E-state index contributed by atoms with van der Waals surface area (Å²) in [7, 11) is 0. The number of H-pyrrole nitrogens is 1. The highest BCUT2D eigenvalue weighted by Crippen LogP contribution is 2.32. The molecule has 0 fully saturated rings. The van der Waals surface area contributed by atoms with Crippen LogP contribution in [0.3, 0.4) is 0 Å². The van der Waals surface area contributed by atoms with Crippen LogP contribution in [0.15, 0.2) is 36.4 Å². The Hall–Kier alpha value is -2.50. The van der Waals surface area contributed by atoms with Crippen molar-refractivity contribution in [3.05, 3.63) is 47.5 Å². The van der Waals surface area contributed by atoms with E-state index in [1.165, 1.54) is 6.07 Å². The lowest BCUT2D eigenvalue weighted by molar-refractivity contribution is -0.137. The van der Waals surface area contributed by atoms with Crippen LogP contribution in [-0.2, 0) is 6.18 Å². The predicted molar refractivity (Wildman–Crippen MR) is 75.7 cm³/mol. The van der Waals surface area contributed by atoms with E-state index in [1.807, 2.05) is 6.92 Å². The number of imidazole rings is 1. The first-order valence-corrected chi connectivity index (χ1v) is 6.28. The van der Waals surface area contributed by atoms with Gasteiger partial charge in [-0.15, -0.1) is 0 Å². The lowest BCUT2D eigenvalue weighted by atomic mass is 10.1. The molecular weight excluding hydrogens is 279 g/mol. The Morgan fingerprint density at radius 3 is 2.52 bits per heavy atom. The normalized spacial score (nSPS) is 12.0. The third-order valence-corrected chi connectivity index (χ3v) is 3.31. The third kappa shape index (κ3) is 2.44. The second-order valence-electron chi connectivity index (χ2n) is 4.89. The third-order valence-electron chi connectivity index (χ3n) is 3.31. The lowest BCUT2D eigenvalue weighted by Crippen LogP contribution is -2.04. The predicted octanol–water partition coefficient (Wildman–Crippen LogP) is 4.14. The maximum atomic E-state index is 12.7. The number of rotatable bonds is 1. The monoisotopic (exact) mass is 291 g/mol. The minimum absolute atomic E-state index is 0.357. The molecule has 0 aliphatic carbocycles. The Bertz CT molecular complexity index is 819. The average Bonchev–Trinajstić information content (AvgIpc) is 2.79. The fraction of sp³-hybridized carbons (Fsp3) is 0.133. The number of anilines is 1. The summed E-state index contributed by atoms with van der Waals surface area (Å²) >= 11 is 0. The molecule has 0 saturated heterocycles. The molecule has 1 heterocycles. The molecule has 0 bridgehead atoms. The topological polar surface area (TPSA) is 54.7 Å². The van der Waals surface area contributed by atoms with Crippen LogP contribution < -0.4 is 5.73 Å². The molecule has 0 atom stereocenters. The van der Waals surface area contributed by atoms with Crippen molar-refractivity contribution < 1.29 is 13.2 Å². The van der Waals surface area contributed by atoms with Crippen LogP contribution in [0.1, 0.15) is 11.1 Å². The van der Waals surface area contributed by atoms with Crippen LogP contribution in [0.5, 0.6) is 0 Å². The van der Waals surface area contributed by atoms with Crippen LogP contribution in [0.4, 0.5) is 18.9 Å². The highest BCUT2D eigenvalue weighted by Gasteiger charge is 2.30. The van der Waals surface area contributed by atoms with E-state index in [9.17, 15) is 13.2 Å². The fourth-order valence-electron chi connectivity index (χ4n) is 2.27. The van der Waals surface area contributed by atoms with Gasteiger partial charge >= 0.3 is 6.18 Å². The first kappa shape index (κ1) is 13.5. The van der Waals surface area contributed by atoms with Gasteiger partial charge in [0, 0.05) is 11.3 Å². The van der Waals surface area contributed by atoms with E-state index in [-0.39, 0.29) is 0 Å². The van der Waals surface area contributed by atoms with E-state index in [2.05, 4.69) is 9.97 Å². The van der Waals surface area contributed by atoms with Gasteiger partial charge in [-0.3, -0.25) is 0 Å². The molecular formula is C15H12F3N3. The summed E-state index contributed by atoms with van der Waals surface area (Å²) in [6.45, 7) is 1.88. The molecule has 3 rings (SSSR count).